The van der Waals surface area contributed by atoms with E-state index in [9.17, 15) is 0 Å². The molecule has 0 rings (SSSR count). The molecule has 0 bridgehead atoms. The van der Waals surface area contributed by atoms with Crippen molar-refractivity contribution in [1.29, 1.82) is 0 Å². The van der Waals surface area contributed by atoms with Crippen molar-refractivity contribution >= 4 is 0 Å². The molecule has 0 N–H and O–H groups in total. The number of allylic oxidation sites excluding steroid dienone is 6. The Balaban J connectivity index is 0. The molecule has 0 spiro atoms. The summed E-state index contributed by atoms with van der Waals surface area (Å²) in [7, 11) is 0. The number of hydrogen-bond donors (Lipinski definition) is 0. The second-order valence-corrected chi connectivity index (χ2v) is 14.1. The maximum Gasteiger partial charge on any atom is -0.0343 e. The summed E-state index contributed by atoms with van der Waals surface area (Å²) in [4.78, 5) is 0. The molecule has 31 heavy (non-hydrogen) atoms. The molecule has 0 radical (unpaired) electrons. The Morgan fingerprint density at radius 2 is 0.645 bits per heavy atom. The maximum atomic E-state index is 2.36. The topological polar surface area (TPSA) is 0 Å². The van der Waals surface area contributed by atoms with Crippen LogP contribution in [-0.4, -0.2) is 0 Å². The molecule has 0 aromatic rings. The summed E-state index contributed by atoms with van der Waals surface area (Å²) in [6.45, 7) is 27.6. The van der Waals surface area contributed by atoms with Crippen LogP contribution in [0.1, 0.15) is 141 Å². The van der Waals surface area contributed by atoms with Crippen LogP contribution in [0.4, 0.5) is 0 Å². The van der Waals surface area contributed by atoms with Gasteiger partial charge in [-0.3, -0.25) is 0 Å². The van der Waals surface area contributed by atoms with Crippen LogP contribution >= 0.6 is 0 Å². The highest BCUT2D eigenvalue weighted by molar-refractivity contribution is 5.02. The minimum atomic E-state index is 0.459. The van der Waals surface area contributed by atoms with Crippen LogP contribution in [0.25, 0.3) is 0 Å². The molecule has 0 atom stereocenters. The lowest BCUT2D eigenvalue weighted by Crippen LogP contribution is -2.03. The second-order valence-electron chi connectivity index (χ2n) is 14.1. The molecule has 0 aromatic carbocycles. The molecule has 0 aliphatic rings. The van der Waals surface area contributed by atoms with Gasteiger partial charge in [-0.2, -0.15) is 0 Å². The summed E-state index contributed by atoms with van der Waals surface area (Å²) in [5, 5.41) is 0. The van der Waals surface area contributed by atoms with Gasteiger partial charge in [-0.25, -0.2) is 0 Å². The number of hydrogen-bond acceptors (Lipinski definition) is 0. The van der Waals surface area contributed by atoms with Gasteiger partial charge in [0.25, 0.3) is 0 Å². The van der Waals surface area contributed by atoms with E-state index in [4.69, 9.17) is 0 Å². The first-order valence-electron chi connectivity index (χ1n) is 12.9. The van der Waals surface area contributed by atoms with Gasteiger partial charge in [-0.05, 0) is 79.4 Å². The highest BCUT2D eigenvalue weighted by Crippen LogP contribution is 2.23. The molecular weight excluding hydrogens is 372 g/mol. The lowest BCUT2D eigenvalue weighted by atomic mass is 9.89. The van der Waals surface area contributed by atoms with Crippen molar-refractivity contribution in [3.63, 3.8) is 0 Å². The molecule has 0 heterocycles. The molecule has 184 valence electrons. The molecule has 0 aliphatic heterocycles. The van der Waals surface area contributed by atoms with Gasteiger partial charge >= 0.3 is 0 Å². The van der Waals surface area contributed by atoms with E-state index in [1.54, 1.807) is 0 Å². The SMILES string of the molecule is CC(C)(C)CCC=CC=CCCC(C)(C)C.CC(C)(C)CCC=CCCCC(C)(C)C. The summed E-state index contributed by atoms with van der Waals surface area (Å²) in [6.07, 6.45) is 25.0. The van der Waals surface area contributed by atoms with Gasteiger partial charge in [0.15, 0.2) is 0 Å². The van der Waals surface area contributed by atoms with Crippen LogP contribution in [0.2, 0.25) is 0 Å². The van der Waals surface area contributed by atoms with Crippen LogP contribution in [0, 0.1) is 21.7 Å². The summed E-state index contributed by atoms with van der Waals surface area (Å²) in [5.41, 5.74) is 1.90. The zero-order chi connectivity index (χ0) is 24.6. The predicted octanol–water partition coefficient (Wildman–Crippen LogP) is 11.3. The van der Waals surface area contributed by atoms with Crippen molar-refractivity contribution in [2.45, 2.75) is 141 Å². The molecule has 0 amide bonds. The van der Waals surface area contributed by atoms with Crippen LogP contribution in [-0.2, 0) is 0 Å². The Morgan fingerprint density at radius 1 is 0.355 bits per heavy atom. The fourth-order valence-corrected chi connectivity index (χ4v) is 2.88. The first-order chi connectivity index (χ1) is 13.9. The maximum absolute atomic E-state index is 2.36. The summed E-state index contributed by atoms with van der Waals surface area (Å²) in [5.74, 6) is 0. The number of rotatable bonds is 10. The quantitative estimate of drug-likeness (QED) is 0.183. The third-order valence-corrected chi connectivity index (χ3v) is 5.03. The van der Waals surface area contributed by atoms with Crippen LogP contribution in [0.15, 0.2) is 36.5 Å². The third-order valence-electron chi connectivity index (χ3n) is 5.03. The smallest absolute Gasteiger partial charge is 0.0343 e. The Bertz CT molecular complexity index is 460. The van der Waals surface area contributed by atoms with Gasteiger partial charge in [-0.1, -0.05) is 120 Å². The van der Waals surface area contributed by atoms with Gasteiger partial charge in [0.05, 0.1) is 0 Å². The van der Waals surface area contributed by atoms with E-state index in [0.717, 1.165) is 0 Å². The zero-order valence-corrected chi connectivity index (χ0v) is 23.8. The highest BCUT2D eigenvalue weighted by atomic mass is 14.2. The van der Waals surface area contributed by atoms with E-state index < -0.39 is 0 Å². The lowest BCUT2D eigenvalue weighted by Gasteiger charge is -2.17. The first kappa shape index (κ1) is 32.4. The zero-order valence-electron chi connectivity index (χ0n) is 23.8. The van der Waals surface area contributed by atoms with Gasteiger partial charge < -0.3 is 0 Å². The summed E-state index contributed by atoms with van der Waals surface area (Å²) in [6, 6.07) is 0. The van der Waals surface area contributed by atoms with Crippen LogP contribution in [0.5, 0.6) is 0 Å². The van der Waals surface area contributed by atoms with E-state index in [-0.39, 0.29) is 0 Å². The van der Waals surface area contributed by atoms with E-state index in [0.29, 0.717) is 21.7 Å². The molecule has 0 fully saturated rings. The van der Waals surface area contributed by atoms with E-state index >= 15 is 0 Å². The summed E-state index contributed by atoms with van der Waals surface area (Å²) >= 11 is 0. The van der Waals surface area contributed by atoms with E-state index in [2.05, 4.69) is 120 Å². The van der Waals surface area contributed by atoms with Gasteiger partial charge in [-0.15, -0.1) is 0 Å². The van der Waals surface area contributed by atoms with Gasteiger partial charge in [0, 0.05) is 0 Å². The molecule has 0 saturated carbocycles. The minimum absolute atomic E-state index is 0.459. The highest BCUT2D eigenvalue weighted by Gasteiger charge is 2.09. The third kappa shape index (κ3) is 36.9. The molecule has 0 aliphatic carbocycles. The van der Waals surface area contributed by atoms with Crippen molar-refractivity contribution in [1.82, 2.24) is 0 Å². The fourth-order valence-electron chi connectivity index (χ4n) is 2.88. The summed E-state index contributed by atoms with van der Waals surface area (Å²) < 4.78 is 0. The van der Waals surface area contributed by atoms with Crippen molar-refractivity contribution in [3.05, 3.63) is 36.5 Å². The molecule has 0 heteroatoms. The fraction of sp³-hybridized carbons (Fsp3) is 0.806. The largest absolute Gasteiger partial charge is 0.0885 e. The monoisotopic (exact) mass is 432 g/mol. The van der Waals surface area contributed by atoms with E-state index in [1.807, 2.05) is 0 Å². The predicted molar refractivity (Wildman–Crippen MR) is 147 cm³/mol. The first-order valence-corrected chi connectivity index (χ1v) is 12.9. The van der Waals surface area contributed by atoms with Crippen molar-refractivity contribution in [2.24, 2.45) is 21.7 Å². The molecule has 0 aromatic heterocycles. The minimum Gasteiger partial charge on any atom is -0.0885 e. The molecule has 0 unspecified atom stereocenters. The average Bonchev–Trinajstić information content (AvgIpc) is 2.53. The van der Waals surface area contributed by atoms with Gasteiger partial charge in [0.1, 0.15) is 0 Å². The van der Waals surface area contributed by atoms with Gasteiger partial charge in [0.2, 0.25) is 0 Å². The number of unbranched alkanes of at least 4 members (excludes halogenated alkanes) is 1. The molecule has 0 saturated heterocycles. The Morgan fingerprint density at radius 3 is 0.968 bits per heavy atom. The van der Waals surface area contributed by atoms with Crippen molar-refractivity contribution in [2.75, 3.05) is 0 Å². The van der Waals surface area contributed by atoms with Crippen LogP contribution in [0.3, 0.4) is 0 Å². The van der Waals surface area contributed by atoms with Crippen molar-refractivity contribution < 1.29 is 0 Å². The standard InChI is InChI=1S/C16H30.C15H30/c1-15(2,3)13-11-9-7-8-10-12-14-16(4,5)6;1-14(2,3)12-10-8-7-9-11-13-15(4,5)6/h7-10H,11-14H2,1-6H3;7-8H,9-13H2,1-6H3. The Labute approximate surface area is 199 Å². The molecule has 0 nitrogen and oxygen atoms in total. The Kier molecular flexibility index (Phi) is 16.6. The lowest BCUT2D eigenvalue weighted by molar-refractivity contribution is 0.366. The van der Waals surface area contributed by atoms with Crippen molar-refractivity contribution in [3.8, 4) is 0 Å². The molecular formula is C31H60. The average molecular weight is 433 g/mol. The normalized spacial score (nSPS) is 13.9. The van der Waals surface area contributed by atoms with E-state index in [1.165, 1.54) is 57.8 Å². The van der Waals surface area contributed by atoms with Crippen LogP contribution < -0.4 is 0 Å². The Hall–Kier alpha value is -0.780. The second kappa shape index (κ2) is 15.9.